The highest BCUT2D eigenvalue weighted by atomic mass is 32.2. The summed E-state index contributed by atoms with van der Waals surface area (Å²) in [4.78, 5) is 35.9. The Balaban J connectivity index is 0.000000215. The molecule has 1 aromatic heterocycles. The van der Waals surface area contributed by atoms with Crippen molar-refractivity contribution in [2.24, 2.45) is 13.0 Å². The molecule has 3 amide bonds. The van der Waals surface area contributed by atoms with Gasteiger partial charge in [-0.3, -0.25) is 24.0 Å². The first-order valence-corrected chi connectivity index (χ1v) is 10.9. The predicted octanol–water partition coefficient (Wildman–Crippen LogP) is 1.89. The predicted molar refractivity (Wildman–Crippen MR) is 111 cm³/mol. The molecule has 2 saturated heterocycles. The Morgan fingerprint density at radius 1 is 1.25 bits per heavy atom. The van der Waals surface area contributed by atoms with Gasteiger partial charge in [-0.2, -0.15) is 11.8 Å². The number of carbonyl (C=O) groups excluding carboxylic acids is 3. The lowest BCUT2D eigenvalue weighted by atomic mass is 9.94. The first kappa shape index (κ1) is 24.1. The molecule has 158 valence electrons. The van der Waals surface area contributed by atoms with Crippen LogP contribution in [0.15, 0.2) is 6.20 Å². The quantitative estimate of drug-likeness (QED) is 0.691. The van der Waals surface area contributed by atoms with Gasteiger partial charge in [0.2, 0.25) is 17.7 Å². The van der Waals surface area contributed by atoms with E-state index >= 15 is 0 Å². The second kappa shape index (κ2) is 11.8. The Bertz CT molecular complexity index is 639. The summed E-state index contributed by atoms with van der Waals surface area (Å²) < 4.78 is 1.68. The summed E-state index contributed by atoms with van der Waals surface area (Å²) in [6.45, 7) is 7.76. The van der Waals surface area contributed by atoms with Crippen molar-refractivity contribution in [1.82, 2.24) is 24.8 Å². The Labute approximate surface area is 172 Å². The van der Waals surface area contributed by atoms with Gasteiger partial charge in [0.05, 0.1) is 10.9 Å². The van der Waals surface area contributed by atoms with Crippen LogP contribution in [0.25, 0.3) is 0 Å². The van der Waals surface area contributed by atoms with Crippen LogP contribution in [0.4, 0.5) is 0 Å². The number of hydrogen-bond acceptors (Lipinski definition) is 6. The van der Waals surface area contributed by atoms with Crippen molar-refractivity contribution in [2.75, 3.05) is 26.4 Å². The lowest BCUT2D eigenvalue weighted by Gasteiger charge is -2.30. The Kier molecular flexibility index (Phi) is 10.2. The summed E-state index contributed by atoms with van der Waals surface area (Å²) in [5, 5.41) is 7.28. The van der Waals surface area contributed by atoms with Crippen LogP contribution in [0.3, 0.4) is 0 Å². The van der Waals surface area contributed by atoms with Gasteiger partial charge in [-0.1, -0.05) is 18.6 Å². The largest absolute Gasteiger partial charge is 0.343 e. The molecule has 3 rings (SSSR count). The number of imide groups is 1. The second-order valence-corrected chi connectivity index (χ2v) is 8.15. The third-order valence-corrected chi connectivity index (χ3v) is 5.92. The Morgan fingerprint density at radius 2 is 1.86 bits per heavy atom. The number of rotatable bonds is 2. The van der Waals surface area contributed by atoms with Gasteiger partial charge in [0, 0.05) is 46.7 Å². The molecule has 2 aliphatic heterocycles. The highest BCUT2D eigenvalue weighted by Gasteiger charge is 2.35. The maximum absolute atomic E-state index is 11.0. The normalized spacial score (nSPS) is 19.7. The van der Waals surface area contributed by atoms with E-state index in [1.165, 1.54) is 43.0 Å². The third kappa shape index (κ3) is 7.61. The minimum atomic E-state index is -0.127. The topological polar surface area (TPSA) is 88.4 Å². The molecule has 0 N–H and O–H groups in total. The van der Waals surface area contributed by atoms with Crippen molar-refractivity contribution in [3.8, 4) is 0 Å². The molecule has 0 bridgehead atoms. The zero-order chi connectivity index (χ0) is 21.3. The van der Waals surface area contributed by atoms with Crippen LogP contribution in [0.2, 0.25) is 0 Å². The van der Waals surface area contributed by atoms with Crippen LogP contribution in [0.5, 0.6) is 0 Å². The van der Waals surface area contributed by atoms with Crippen molar-refractivity contribution in [3.63, 3.8) is 0 Å². The minimum Gasteiger partial charge on any atom is -0.343 e. The standard InChI is InChI=1S/C9H17NO.C6H9NO2S.C4H7N3/c1-3-9-4-6-10(7-5-9)8(2)11;1-7-5(8)3-4(10-2)6(7)9;1-4-3-7(2)6-5-4/h9H,3-7H2,1-2H3;4H,3H2,1-2H3;3H,1-2H3. The van der Waals surface area contributed by atoms with Gasteiger partial charge >= 0.3 is 0 Å². The summed E-state index contributed by atoms with van der Waals surface area (Å²) in [6, 6.07) is 0. The highest BCUT2D eigenvalue weighted by molar-refractivity contribution is 8.00. The maximum Gasteiger partial charge on any atom is 0.242 e. The van der Waals surface area contributed by atoms with Gasteiger partial charge < -0.3 is 4.90 Å². The fourth-order valence-corrected chi connectivity index (χ4v) is 3.69. The highest BCUT2D eigenvalue weighted by Crippen LogP contribution is 2.21. The van der Waals surface area contributed by atoms with Gasteiger partial charge in [-0.25, -0.2) is 0 Å². The molecule has 28 heavy (non-hydrogen) atoms. The Morgan fingerprint density at radius 3 is 2.11 bits per heavy atom. The van der Waals surface area contributed by atoms with Crippen molar-refractivity contribution in [1.29, 1.82) is 0 Å². The number of piperidine rings is 1. The van der Waals surface area contributed by atoms with Gasteiger partial charge in [-0.15, -0.1) is 5.10 Å². The van der Waals surface area contributed by atoms with Gasteiger partial charge in [0.1, 0.15) is 0 Å². The second-order valence-electron chi connectivity index (χ2n) is 7.11. The molecule has 2 aliphatic rings. The number of thioether (sulfide) groups is 1. The van der Waals surface area contributed by atoms with E-state index in [2.05, 4.69) is 17.2 Å². The fourth-order valence-electron chi connectivity index (χ4n) is 3.03. The van der Waals surface area contributed by atoms with Crippen LogP contribution in [-0.4, -0.2) is 74.2 Å². The molecule has 1 atom stereocenters. The molecule has 0 aromatic carbocycles. The smallest absolute Gasteiger partial charge is 0.242 e. The Hall–Kier alpha value is -1.90. The third-order valence-electron chi connectivity index (χ3n) is 4.98. The first-order chi connectivity index (χ1) is 13.2. The number of amides is 3. The summed E-state index contributed by atoms with van der Waals surface area (Å²) in [7, 11) is 3.38. The summed E-state index contributed by atoms with van der Waals surface area (Å²) in [6.07, 6.45) is 7.75. The number of carbonyl (C=O) groups is 3. The molecule has 1 unspecified atom stereocenters. The van der Waals surface area contributed by atoms with E-state index in [4.69, 9.17) is 0 Å². The molecular weight excluding hydrogens is 378 g/mol. The molecule has 0 aliphatic carbocycles. The van der Waals surface area contributed by atoms with Crippen molar-refractivity contribution < 1.29 is 14.4 Å². The van der Waals surface area contributed by atoms with E-state index < -0.39 is 0 Å². The van der Waals surface area contributed by atoms with E-state index in [1.54, 1.807) is 11.6 Å². The molecule has 0 radical (unpaired) electrons. The zero-order valence-corrected chi connectivity index (χ0v) is 18.7. The molecule has 0 saturated carbocycles. The van der Waals surface area contributed by atoms with Crippen LogP contribution < -0.4 is 0 Å². The summed E-state index contributed by atoms with van der Waals surface area (Å²) in [5.74, 6) is 0.979. The molecule has 3 heterocycles. The van der Waals surface area contributed by atoms with E-state index in [1.807, 2.05) is 31.3 Å². The van der Waals surface area contributed by atoms with Crippen LogP contribution in [0, 0.1) is 12.8 Å². The van der Waals surface area contributed by atoms with E-state index in [-0.39, 0.29) is 23.0 Å². The number of hydrogen-bond donors (Lipinski definition) is 0. The minimum absolute atomic E-state index is 0.0579. The number of aryl methyl sites for hydroxylation is 2. The summed E-state index contributed by atoms with van der Waals surface area (Å²) >= 11 is 1.44. The lowest BCUT2D eigenvalue weighted by molar-refractivity contribution is -0.136. The molecule has 2 fully saturated rings. The SMILES string of the molecule is CCC1CCN(C(C)=O)CC1.CSC1CC(=O)N(C)C1=O.Cc1cn(C)nn1. The van der Waals surface area contributed by atoms with Crippen molar-refractivity contribution in [3.05, 3.63) is 11.9 Å². The van der Waals surface area contributed by atoms with Gasteiger partial charge in [0.25, 0.3) is 0 Å². The van der Waals surface area contributed by atoms with Crippen LogP contribution in [-0.2, 0) is 21.4 Å². The fraction of sp³-hybridized carbons (Fsp3) is 0.737. The van der Waals surface area contributed by atoms with Gasteiger partial charge in [0.15, 0.2) is 0 Å². The van der Waals surface area contributed by atoms with Gasteiger partial charge in [-0.05, 0) is 31.9 Å². The van der Waals surface area contributed by atoms with Crippen molar-refractivity contribution in [2.45, 2.75) is 51.7 Å². The van der Waals surface area contributed by atoms with E-state index in [0.717, 1.165) is 24.7 Å². The molecule has 1 aromatic rings. The number of aromatic nitrogens is 3. The lowest BCUT2D eigenvalue weighted by Crippen LogP contribution is -2.36. The van der Waals surface area contributed by atoms with E-state index in [9.17, 15) is 14.4 Å². The van der Waals surface area contributed by atoms with E-state index in [0.29, 0.717) is 6.42 Å². The molecule has 8 nitrogen and oxygen atoms in total. The average Bonchev–Trinajstić information content (AvgIpc) is 3.18. The van der Waals surface area contributed by atoms with Crippen LogP contribution in [0.1, 0.15) is 45.2 Å². The monoisotopic (exact) mass is 411 g/mol. The molecule has 0 spiro atoms. The number of likely N-dealkylation sites (tertiary alicyclic amines) is 2. The molecular formula is C19H33N5O3S. The van der Waals surface area contributed by atoms with Crippen LogP contribution >= 0.6 is 11.8 Å². The average molecular weight is 412 g/mol. The first-order valence-electron chi connectivity index (χ1n) is 9.61. The number of nitrogens with zero attached hydrogens (tertiary/aromatic N) is 5. The molecule has 9 heteroatoms. The summed E-state index contributed by atoms with van der Waals surface area (Å²) in [5.41, 5.74) is 0.961. The maximum atomic E-state index is 11.0. The zero-order valence-electron chi connectivity index (χ0n) is 17.8. The van der Waals surface area contributed by atoms with Crippen molar-refractivity contribution >= 4 is 29.5 Å².